The number of nitrogens with zero attached hydrogens (tertiary/aromatic N) is 2. The highest BCUT2D eigenvalue weighted by atomic mass is 16.5. The Balaban J connectivity index is 1.62. The first-order valence-electron chi connectivity index (χ1n) is 9.07. The zero-order valence-corrected chi connectivity index (χ0v) is 15.7. The highest BCUT2D eigenvalue weighted by Crippen LogP contribution is 2.25. The van der Waals surface area contributed by atoms with E-state index in [1.807, 2.05) is 45.0 Å². The summed E-state index contributed by atoms with van der Waals surface area (Å²) in [5, 5.41) is 18.0. The van der Waals surface area contributed by atoms with E-state index in [1.54, 1.807) is 4.90 Å². The van der Waals surface area contributed by atoms with Crippen molar-refractivity contribution in [2.24, 2.45) is 0 Å². The topological polar surface area (TPSA) is 78.5 Å². The minimum absolute atomic E-state index is 0.0200. The number of likely N-dealkylation sites (tertiary alicyclic amines) is 1. The number of amides is 1. The van der Waals surface area contributed by atoms with E-state index in [9.17, 15) is 9.90 Å². The Morgan fingerprint density at radius 1 is 1.35 bits per heavy atom. The van der Waals surface area contributed by atoms with Crippen molar-refractivity contribution in [1.29, 1.82) is 0 Å². The second-order valence-corrected chi connectivity index (χ2v) is 7.29. The van der Waals surface area contributed by atoms with Crippen molar-refractivity contribution in [2.75, 3.05) is 19.7 Å². The molecule has 6 nitrogen and oxygen atoms in total. The van der Waals surface area contributed by atoms with Gasteiger partial charge in [0.25, 0.3) is 0 Å². The summed E-state index contributed by atoms with van der Waals surface area (Å²) in [6.07, 6.45) is 1.71. The molecule has 0 spiro atoms. The summed E-state index contributed by atoms with van der Waals surface area (Å²) in [4.78, 5) is 14.5. The van der Waals surface area contributed by atoms with Gasteiger partial charge in [-0.2, -0.15) is 5.10 Å². The molecule has 3 rings (SSSR count). The molecule has 6 heteroatoms. The molecule has 26 heavy (non-hydrogen) atoms. The van der Waals surface area contributed by atoms with Gasteiger partial charge in [-0.25, -0.2) is 0 Å². The van der Waals surface area contributed by atoms with Crippen LogP contribution in [-0.4, -0.2) is 51.4 Å². The Morgan fingerprint density at radius 3 is 2.81 bits per heavy atom. The number of aliphatic hydroxyl groups is 1. The fourth-order valence-corrected chi connectivity index (χ4v) is 3.47. The van der Waals surface area contributed by atoms with Gasteiger partial charge in [0.1, 0.15) is 18.0 Å². The number of rotatable bonds is 5. The molecule has 1 aromatic heterocycles. The monoisotopic (exact) mass is 357 g/mol. The number of hydrogen-bond acceptors (Lipinski definition) is 4. The molecule has 1 amide bonds. The van der Waals surface area contributed by atoms with Gasteiger partial charge in [-0.15, -0.1) is 0 Å². The number of carbonyl (C=O) groups excluding carboxylic acids is 1. The summed E-state index contributed by atoms with van der Waals surface area (Å²) < 4.78 is 5.85. The molecule has 1 fully saturated rings. The number of ether oxygens (including phenoxy) is 1. The molecule has 2 heterocycles. The molecule has 0 unspecified atom stereocenters. The van der Waals surface area contributed by atoms with Gasteiger partial charge < -0.3 is 14.7 Å². The van der Waals surface area contributed by atoms with Crippen LogP contribution in [0.15, 0.2) is 24.3 Å². The van der Waals surface area contributed by atoms with Crippen LogP contribution in [0, 0.1) is 20.8 Å². The third kappa shape index (κ3) is 4.07. The molecule has 2 aromatic rings. The van der Waals surface area contributed by atoms with E-state index in [1.165, 1.54) is 0 Å². The van der Waals surface area contributed by atoms with Crippen LogP contribution in [0.25, 0.3) is 0 Å². The minimum atomic E-state index is -1.02. The summed E-state index contributed by atoms with van der Waals surface area (Å²) >= 11 is 0. The standard InChI is InChI=1S/C20H27N3O3/c1-14-7-4-5-8-18(14)26-13-20(25)9-6-10-23(12-20)19(24)11-17-15(2)21-22-16(17)3/h4-5,7-8,25H,6,9-13H2,1-3H3,(H,21,22)/t20-/m0/s1. The van der Waals surface area contributed by atoms with Gasteiger partial charge in [0.2, 0.25) is 5.91 Å². The molecule has 0 radical (unpaired) electrons. The third-order valence-corrected chi connectivity index (χ3v) is 5.11. The van der Waals surface area contributed by atoms with Crippen LogP contribution in [0.5, 0.6) is 5.75 Å². The van der Waals surface area contributed by atoms with Gasteiger partial charge >= 0.3 is 0 Å². The smallest absolute Gasteiger partial charge is 0.227 e. The molecule has 1 aliphatic heterocycles. The second-order valence-electron chi connectivity index (χ2n) is 7.29. The minimum Gasteiger partial charge on any atom is -0.490 e. The fraction of sp³-hybridized carbons (Fsp3) is 0.500. The molecule has 0 aliphatic carbocycles. The van der Waals surface area contributed by atoms with Crippen molar-refractivity contribution in [3.05, 3.63) is 46.8 Å². The van der Waals surface area contributed by atoms with Crippen LogP contribution in [-0.2, 0) is 11.2 Å². The average molecular weight is 357 g/mol. The lowest BCUT2D eigenvalue weighted by molar-refractivity contribution is -0.139. The number of para-hydroxylation sites is 1. The van der Waals surface area contributed by atoms with Crippen molar-refractivity contribution < 1.29 is 14.6 Å². The molecular formula is C20H27N3O3. The molecular weight excluding hydrogens is 330 g/mol. The van der Waals surface area contributed by atoms with Crippen molar-refractivity contribution in [2.45, 2.75) is 45.6 Å². The first-order chi connectivity index (χ1) is 12.4. The fourth-order valence-electron chi connectivity index (χ4n) is 3.47. The number of aryl methyl sites for hydroxylation is 3. The maximum Gasteiger partial charge on any atom is 0.227 e. The van der Waals surface area contributed by atoms with Crippen LogP contribution < -0.4 is 4.74 Å². The van der Waals surface area contributed by atoms with E-state index in [2.05, 4.69) is 10.2 Å². The van der Waals surface area contributed by atoms with E-state index in [4.69, 9.17) is 4.74 Å². The number of piperidine rings is 1. The highest BCUT2D eigenvalue weighted by Gasteiger charge is 2.36. The number of β-amino-alcohol motifs (C(OH)–C–C–N with tert-alkyl or cyclic N) is 1. The van der Waals surface area contributed by atoms with Crippen molar-refractivity contribution >= 4 is 5.91 Å². The summed E-state index contributed by atoms with van der Waals surface area (Å²) in [5.74, 6) is 0.792. The van der Waals surface area contributed by atoms with Crippen molar-refractivity contribution in [3.8, 4) is 5.75 Å². The van der Waals surface area contributed by atoms with E-state index < -0.39 is 5.60 Å². The Morgan fingerprint density at radius 2 is 2.12 bits per heavy atom. The van der Waals surface area contributed by atoms with Gasteiger partial charge in [-0.05, 0) is 45.2 Å². The first-order valence-corrected chi connectivity index (χ1v) is 9.07. The lowest BCUT2D eigenvalue weighted by Gasteiger charge is -2.39. The largest absolute Gasteiger partial charge is 0.490 e. The number of benzene rings is 1. The molecule has 140 valence electrons. The summed E-state index contributed by atoms with van der Waals surface area (Å²) in [5.41, 5.74) is 2.74. The molecule has 1 aliphatic rings. The van der Waals surface area contributed by atoms with Gasteiger partial charge in [0.05, 0.1) is 18.7 Å². The van der Waals surface area contributed by atoms with Gasteiger partial charge in [-0.3, -0.25) is 9.89 Å². The van der Waals surface area contributed by atoms with Crippen LogP contribution in [0.3, 0.4) is 0 Å². The van der Waals surface area contributed by atoms with E-state index >= 15 is 0 Å². The quantitative estimate of drug-likeness (QED) is 0.861. The molecule has 1 aromatic carbocycles. The van der Waals surface area contributed by atoms with E-state index in [0.29, 0.717) is 25.9 Å². The normalized spacial score (nSPS) is 20.2. The zero-order chi connectivity index (χ0) is 18.7. The number of nitrogens with one attached hydrogen (secondary N) is 1. The SMILES string of the molecule is Cc1ccccc1OC[C@]1(O)CCCN(C(=O)Cc2c(C)n[nH]c2C)C1. The maximum atomic E-state index is 12.7. The predicted octanol–water partition coefficient (Wildman–Crippen LogP) is 2.31. The Kier molecular flexibility index (Phi) is 5.32. The number of carbonyl (C=O) groups is 1. The first kappa shape index (κ1) is 18.5. The predicted molar refractivity (Wildman–Crippen MR) is 99.2 cm³/mol. The second kappa shape index (κ2) is 7.50. The number of aromatic nitrogens is 2. The molecule has 0 saturated carbocycles. The lowest BCUT2D eigenvalue weighted by Crippen LogP contribution is -2.53. The van der Waals surface area contributed by atoms with Crippen LogP contribution in [0.1, 0.15) is 35.4 Å². The Labute approximate surface area is 154 Å². The van der Waals surface area contributed by atoms with Gasteiger partial charge in [0.15, 0.2) is 0 Å². The van der Waals surface area contributed by atoms with Gasteiger partial charge in [-0.1, -0.05) is 18.2 Å². The van der Waals surface area contributed by atoms with Crippen LogP contribution >= 0.6 is 0 Å². The van der Waals surface area contributed by atoms with E-state index in [0.717, 1.165) is 34.7 Å². The number of H-pyrrole nitrogens is 1. The Bertz CT molecular complexity index is 767. The molecule has 0 bridgehead atoms. The van der Waals surface area contributed by atoms with Crippen molar-refractivity contribution in [3.63, 3.8) is 0 Å². The van der Waals surface area contributed by atoms with Crippen molar-refractivity contribution in [1.82, 2.24) is 15.1 Å². The Hall–Kier alpha value is -2.34. The average Bonchev–Trinajstić information content (AvgIpc) is 2.93. The highest BCUT2D eigenvalue weighted by molar-refractivity contribution is 5.79. The molecule has 1 atom stereocenters. The number of aromatic amines is 1. The zero-order valence-electron chi connectivity index (χ0n) is 15.7. The summed E-state index contributed by atoms with van der Waals surface area (Å²) in [6.45, 7) is 6.95. The van der Waals surface area contributed by atoms with Crippen LogP contribution in [0.2, 0.25) is 0 Å². The van der Waals surface area contributed by atoms with Crippen LogP contribution in [0.4, 0.5) is 0 Å². The number of hydrogen-bond donors (Lipinski definition) is 2. The summed E-state index contributed by atoms with van der Waals surface area (Å²) in [7, 11) is 0. The molecule has 1 saturated heterocycles. The summed E-state index contributed by atoms with van der Waals surface area (Å²) in [6, 6.07) is 7.75. The lowest BCUT2D eigenvalue weighted by atomic mass is 9.93. The van der Waals surface area contributed by atoms with E-state index in [-0.39, 0.29) is 12.5 Å². The maximum absolute atomic E-state index is 12.7. The third-order valence-electron chi connectivity index (χ3n) is 5.11. The van der Waals surface area contributed by atoms with Gasteiger partial charge in [0, 0.05) is 17.8 Å². The molecule has 2 N–H and O–H groups in total.